The topological polar surface area (TPSA) is 6.48 Å². The van der Waals surface area contributed by atoms with E-state index in [1.54, 1.807) is 0 Å². The fourth-order valence-corrected chi connectivity index (χ4v) is 15.6. The molecule has 0 aromatic heterocycles. The van der Waals surface area contributed by atoms with Crippen molar-refractivity contribution in [3.8, 4) is 55.6 Å². The molecule has 0 spiro atoms. The molecular weight excluding hydrogens is 1170 g/mol. The van der Waals surface area contributed by atoms with Crippen LogP contribution in [0.4, 0.5) is 34.1 Å². The SMILES string of the molecule is CCCCCCc1cc(-c2ccc(N(c3ccc(-c4ccc(C(C)(C)C)cc4)cc3)c3ccc(-c4c(C)cc(C)cc4C)cc3)cc2C)c(CCCCCC)cc1-c1ccc(N(c2ccc(C3=C(C)CC(C)(C)C=C3C)cc2)c2ccc(-c3ccc(C(C)(C)C)cc3)cc2)cc1C. The normalized spacial score (nSPS) is 13.3. The van der Waals surface area contributed by atoms with Crippen molar-refractivity contribution < 1.29 is 0 Å². The van der Waals surface area contributed by atoms with E-state index in [9.17, 15) is 0 Å². The van der Waals surface area contributed by atoms with E-state index in [0.29, 0.717) is 0 Å². The summed E-state index contributed by atoms with van der Waals surface area (Å²) < 4.78 is 0. The Morgan fingerprint density at radius 3 is 1.02 bits per heavy atom. The fraction of sp³-hybridized carbons (Fsp3) is 0.326. The van der Waals surface area contributed by atoms with Gasteiger partial charge in [0.1, 0.15) is 0 Å². The highest BCUT2D eigenvalue weighted by Gasteiger charge is 2.26. The summed E-state index contributed by atoms with van der Waals surface area (Å²) in [5, 5.41) is 0. The number of benzene rings is 10. The molecular formula is C95H108N2. The Bertz CT molecular complexity index is 4410. The van der Waals surface area contributed by atoms with Crippen LogP contribution in [-0.4, -0.2) is 0 Å². The van der Waals surface area contributed by atoms with Crippen LogP contribution in [0.25, 0.3) is 61.2 Å². The quantitative estimate of drug-likeness (QED) is 0.0624. The summed E-state index contributed by atoms with van der Waals surface area (Å²) in [4.78, 5) is 4.92. The molecule has 498 valence electrons. The van der Waals surface area contributed by atoms with Gasteiger partial charge >= 0.3 is 0 Å². The average molecular weight is 1280 g/mol. The maximum atomic E-state index is 2.62. The lowest BCUT2D eigenvalue weighted by Crippen LogP contribution is -2.14. The Labute approximate surface area is 585 Å². The van der Waals surface area contributed by atoms with E-state index in [1.165, 1.54) is 167 Å². The van der Waals surface area contributed by atoms with E-state index in [4.69, 9.17) is 0 Å². The second-order valence-electron chi connectivity index (χ2n) is 31.2. The molecule has 0 amide bonds. The summed E-state index contributed by atoms with van der Waals surface area (Å²) in [7, 11) is 0. The zero-order chi connectivity index (χ0) is 68.9. The highest BCUT2D eigenvalue weighted by atomic mass is 15.1. The van der Waals surface area contributed by atoms with E-state index < -0.39 is 0 Å². The van der Waals surface area contributed by atoms with Crippen molar-refractivity contribution >= 4 is 39.7 Å². The van der Waals surface area contributed by atoms with Crippen molar-refractivity contribution in [3.63, 3.8) is 0 Å². The first-order chi connectivity index (χ1) is 46.4. The summed E-state index contributed by atoms with van der Waals surface area (Å²) in [5.41, 5.74) is 37.6. The third-order valence-corrected chi connectivity index (χ3v) is 20.5. The molecule has 0 atom stereocenters. The van der Waals surface area contributed by atoms with Crippen LogP contribution in [0, 0.1) is 40.0 Å². The molecule has 0 aliphatic heterocycles. The van der Waals surface area contributed by atoms with Crippen molar-refractivity contribution in [2.24, 2.45) is 5.41 Å². The lowest BCUT2D eigenvalue weighted by molar-refractivity contribution is 0.468. The van der Waals surface area contributed by atoms with Gasteiger partial charge in [-0.05, 0) is 286 Å². The van der Waals surface area contributed by atoms with Gasteiger partial charge in [-0.1, -0.05) is 258 Å². The number of allylic oxidation sites excluding steroid dienone is 4. The molecule has 0 radical (unpaired) electrons. The van der Waals surface area contributed by atoms with Crippen molar-refractivity contribution in [1.29, 1.82) is 0 Å². The summed E-state index contributed by atoms with van der Waals surface area (Å²) in [5.74, 6) is 0. The summed E-state index contributed by atoms with van der Waals surface area (Å²) >= 11 is 0. The number of aryl methyl sites for hydroxylation is 7. The van der Waals surface area contributed by atoms with Gasteiger partial charge in [-0.15, -0.1) is 0 Å². The fourth-order valence-electron chi connectivity index (χ4n) is 15.6. The van der Waals surface area contributed by atoms with E-state index in [2.05, 4.69) is 340 Å². The molecule has 0 unspecified atom stereocenters. The van der Waals surface area contributed by atoms with E-state index >= 15 is 0 Å². The van der Waals surface area contributed by atoms with Gasteiger partial charge in [-0.2, -0.15) is 0 Å². The molecule has 97 heavy (non-hydrogen) atoms. The number of rotatable bonds is 22. The van der Waals surface area contributed by atoms with Crippen LogP contribution in [0.3, 0.4) is 0 Å². The molecule has 11 rings (SSSR count). The molecule has 0 heterocycles. The zero-order valence-electron chi connectivity index (χ0n) is 61.9. The second kappa shape index (κ2) is 29.6. The van der Waals surface area contributed by atoms with Gasteiger partial charge in [-0.25, -0.2) is 0 Å². The van der Waals surface area contributed by atoms with Crippen LogP contribution >= 0.6 is 0 Å². The third kappa shape index (κ3) is 16.0. The first kappa shape index (κ1) is 69.6. The number of hydrogen-bond acceptors (Lipinski definition) is 2. The number of unbranched alkanes of at least 4 members (excludes halogenated alkanes) is 6. The minimum Gasteiger partial charge on any atom is -0.310 e. The zero-order valence-corrected chi connectivity index (χ0v) is 61.9. The van der Waals surface area contributed by atoms with Crippen molar-refractivity contribution in [1.82, 2.24) is 0 Å². The molecule has 10 aromatic rings. The van der Waals surface area contributed by atoms with Crippen LogP contribution < -0.4 is 9.80 Å². The summed E-state index contributed by atoms with van der Waals surface area (Å²) in [6, 6.07) is 79.7. The highest BCUT2D eigenvalue weighted by molar-refractivity contribution is 5.88. The van der Waals surface area contributed by atoms with Crippen LogP contribution in [0.15, 0.2) is 223 Å². The molecule has 0 fully saturated rings. The second-order valence-corrected chi connectivity index (χ2v) is 31.2. The van der Waals surface area contributed by atoms with Crippen LogP contribution in [0.1, 0.15) is 197 Å². The number of anilines is 6. The monoisotopic (exact) mass is 1280 g/mol. The molecule has 1 aliphatic carbocycles. The molecule has 0 N–H and O–H groups in total. The minimum absolute atomic E-state index is 0.101. The maximum Gasteiger partial charge on any atom is 0.0464 e. The van der Waals surface area contributed by atoms with Crippen molar-refractivity contribution in [2.75, 3.05) is 9.80 Å². The van der Waals surface area contributed by atoms with Gasteiger partial charge in [0.2, 0.25) is 0 Å². The first-order valence-corrected chi connectivity index (χ1v) is 36.5. The number of nitrogens with zero attached hydrogens (tertiary/aromatic N) is 2. The Morgan fingerprint density at radius 2 is 0.680 bits per heavy atom. The van der Waals surface area contributed by atoms with Crippen molar-refractivity contribution in [3.05, 3.63) is 279 Å². The maximum absolute atomic E-state index is 2.62. The molecule has 10 aromatic carbocycles. The lowest BCUT2D eigenvalue weighted by Gasteiger charge is -2.30. The predicted molar refractivity (Wildman–Crippen MR) is 425 cm³/mol. The molecule has 0 bridgehead atoms. The van der Waals surface area contributed by atoms with Gasteiger partial charge in [0.15, 0.2) is 0 Å². The standard InChI is InChI=1S/C95H108N2/c1-18-20-22-24-26-77-61-90(88-55-53-86(59-66(88)5)97(82-46-34-74(35-47-82)72-30-42-80(43-31-72)94(13,14)15)84-50-38-76(39-51-84)92-69(8)62-95(16,17)63-70(92)9)78(27-25-23-21-19-2)60-89(77)87-54-52-85(58-65(87)4)96(83-48-36-75(37-49-83)91-67(6)56-64(3)57-68(91)7)81-44-32-73(33-45-81)71-28-40-79(41-29-71)93(10,11)12/h28-62H,18-27,63H2,1-17H3. The van der Waals surface area contributed by atoms with E-state index in [-0.39, 0.29) is 16.2 Å². The molecule has 0 saturated carbocycles. The Balaban J connectivity index is 0.991. The average Bonchev–Trinajstić information content (AvgIpc) is 0.793. The highest BCUT2D eigenvalue weighted by Crippen LogP contribution is 2.46. The third-order valence-electron chi connectivity index (χ3n) is 20.5. The van der Waals surface area contributed by atoms with Crippen LogP contribution in [0.5, 0.6) is 0 Å². The molecule has 2 nitrogen and oxygen atoms in total. The lowest BCUT2D eigenvalue weighted by atomic mass is 9.75. The summed E-state index contributed by atoms with van der Waals surface area (Å²) in [6.07, 6.45) is 15.3. The number of hydrogen-bond donors (Lipinski definition) is 0. The molecule has 0 saturated heterocycles. The van der Waals surface area contributed by atoms with Crippen molar-refractivity contribution in [2.45, 2.75) is 199 Å². The molecule has 2 heteroatoms. The van der Waals surface area contributed by atoms with Crippen LogP contribution in [0.2, 0.25) is 0 Å². The molecule has 1 aliphatic rings. The van der Waals surface area contributed by atoms with Crippen LogP contribution in [-0.2, 0) is 23.7 Å². The largest absolute Gasteiger partial charge is 0.310 e. The smallest absolute Gasteiger partial charge is 0.0464 e. The minimum atomic E-state index is 0.101. The predicted octanol–water partition coefficient (Wildman–Crippen LogP) is 28.5. The van der Waals surface area contributed by atoms with Gasteiger partial charge in [-0.3, -0.25) is 0 Å². The van der Waals surface area contributed by atoms with Gasteiger partial charge in [0.25, 0.3) is 0 Å². The van der Waals surface area contributed by atoms with Gasteiger partial charge in [0.05, 0.1) is 0 Å². The Hall–Kier alpha value is -8.72. The Kier molecular flexibility index (Phi) is 21.2. The van der Waals surface area contributed by atoms with E-state index in [0.717, 1.165) is 66.2 Å². The Morgan fingerprint density at radius 1 is 0.340 bits per heavy atom. The van der Waals surface area contributed by atoms with E-state index in [1.807, 2.05) is 0 Å². The summed E-state index contributed by atoms with van der Waals surface area (Å²) in [6.45, 7) is 39.0. The first-order valence-electron chi connectivity index (χ1n) is 36.5. The van der Waals surface area contributed by atoms with Gasteiger partial charge < -0.3 is 9.80 Å². The van der Waals surface area contributed by atoms with Gasteiger partial charge in [0, 0.05) is 34.1 Å².